The average molecular weight is 451 g/mol. The fraction of sp³-hybridized carbons (Fsp3) is 0.500. The third kappa shape index (κ3) is 5.87. The van der Waals surface area contributed by atoms with Crippen LogP contribution in [0.15, 0.2) is 36.5 Å². The van der Waals surface area contributed by atoms with Crippen LogP contribution in [0.5, 0.6) is 11.8 Å². The maximum atomic E-state index is 13.4. The van der Waals surface area contributed by atoms with Crippen LogP contribution in [0.25, 0.3) is 0 Å². The Kier molecular flexibility index (Phi) is 6.78. The number of hydrogen-bond donors (Lipinski definition) is 1. The first-order valence-electron chi connectivity index (χ1n) is 10.6. The van der Waals surface area contributed by atoms with Gasteiger partial charge < -0.3 is 19.5 Å². The average Bonchev–Trinajstić information content (AvgIpc) is 3.62. The highest BCUT2D eigenvalue weighted by molar-refractivity contribution is 5.70. The van der Waals surface area contributed by atoms with Gasteiger partial charge in [-0.25, -0.2) is 4.79 Å². The van der Waals surface area contributed by atoms with Crippen LogP contribution in [0.1, 0.15) is 48.9 Å². The largest absolute Gasteiger partial charge is 0.477 e. The van der Waals surface area contributed by atoms with Gasteiger partial charge in [-0.1, -0.05) is 6.07 Å². The van der Waals surface area contributed by atoms with Gasteiger partial charge in [-0.15, -0.1) is 0 Å². The van der Waals surface area contributed by atoms with E-state index in [9.17, 15) is 18.0 Å². The molecule has 1 aliphatic heterocycles. The van der Waals surface area contributed by atoms with Crippen molar-refractivity contribution in [2.45, 2.75) is 43.8 Å². The zero-order chi connectivity index (χ0) is 22.6. The van der Waals surface area contributed by atoms with Crippen molar-refractivity contribution in [1.82, 2.24) is 15.3 Å². The molecule has 10 heteroatoms. The molecule has 0 radical (unpaired) electrons. The topological polar surface area (TPSA) is 82.6 Å². The lowest BCUT2D eigenvalue weighted by molar-refractivity contribution is -0.156. The van der Waals surface area contributed by atoms with Crippen molar-refractivity contribution in [3.8, 4) is 11.8 Å². The van der Waals surface area contributed by atoms with Gasteiger partial charge >= 0.3 is 12.3 Å². The Hall–Kier alpha value is -2.88. The van der Waals surface area contributed by atoms with E-state index in [2.05, 4.69) is 9.97 Å². The molecule has 2 aliphatic rings. The molecule has 0 bridgehead atoms. The maximum absolute atomic E-state index is 13.4. The minimum absolute atomic E-state index is 0.129. The molecule has 1 aliphatic carbocycles. The molecule has 0 aromatic carbocycles. The maximum Gasteiger partial charge on any atom is 0.414 e. The highest BCUT2D eigenvalue weighted by Gasteiger charge is 2.43. The highest BCUT2D eigenvalue weighted by atomic mass is 19.4. The molecule has 2 aromatic heterocycles. The van der Waals surface area contributed by atoms with E-state index in [0.29, 0.717) is 37.5 Å². The Bertz CT molecular complexity index is 916. The second-order valence-corrected chi connectivity index (χ2v) is 7.95. The molecule has 7 nitrogen and oxygen atoms in total. The molecule has 1 saturated carbocycles. The molecule has 1 amide bonds. The summed E-state index contributed by atoms with van der Waals surface area (Å²) in [6.07, 6.45) is -0.968. The summed E-state index contributed by atoms with van der Waals surface area (Å²) in [6, 6.07) is 5.01. The second-order valence-electron chi connectivity index (χ2n) is 7.95. The zero-order valence-electron chi connectivity index (χ0n) is 17.3. The Labute approximate surface area is 183 Å². The molecule has 32 heavy (non-hydrogen) atoms. The predicted molar refractivity (Wildman–Crippen MR) is 107 cm³/mol. The monoisotopic (exact) mass is 451 g/mol. The van der Waals surface area contributed by atoms with E-state index in [-0.39, 0.29) is 11.6 Å². The standard InChI is InChI=1S/C22H24F3N3O4/c23-22(24,25)19(17-3-1-2-10-26-17)28-21(29)32-18-7-6-16(15-4-5-15)20(27-18)31-13-14-8-11-30-12-9-14/h1-3,6-7,10,14-15,19H,4-5,8-9,11-13H2,(H,28,29). The molecule has 1 N–H and O–H groups in total. The van der Waals surface area contributed by atoms with Crippen LogP contribution in [0.2, 0.25) is 0 Å². The molecular formula is C22H24F3N3O4. The van der Waals surface area contributed by atoms with Crippen molar-refractivity contribution in [3.63, 3.8) is 0 Å². The fourth-order valence-electron chi connectivity index (χ4n) is 3.53. The van der Waals surface area contributed by atoms with Gasteiger partial charge in [0.25, 0.3) is 0 Å². The summed E-state index contributed by atoms with van der Waals surface area (Å²) in [4.78, 5) is 20.2. The van der Waals surface area contributed by atoms with Crippen molar-refractivity contribution >= 4 is 6.09 Å². The first-order valence-corrected chi connectivity index (χ1v) is 10.6. The molecule has 1 atom stereocenters. The van der Waals surface area contributed by atoms with Gasteiger partial charge in [-0.05, 0) is 55.7 Å². The van der Waals surface area contributed by atoms with Crippen LogP contribution in [0, 0.1) is 5.92 Å². The molecular weight excluding hydrogens is 427 g/mol. The number of nitrogens with one attached hydrogen (secondary N) is 1. The quantitative estimate of drug-likeness (QED) is 0.665. The van der Waals surface area contributed by atoms with E-state index in [0.717, 1.165) is 31.2 Å². The molecule has 172 valence electrons. The van der Waals surface area contributed by atoms with Crippen LogP contribution >= 0.6 is 0 Å². The molecule has 0 spiro atoms. The minimum Gasteiger partial charge on any atom is -0.477 e. The van der Waals surface area contributed by atoms with Gasteiger partial charge in [0.2, 0.25) is 11.8 Å². The lowest BCUT2D eigenvalue weighted by Crippen LogP contribution is -2.40. The van der Waals surface area contributed by atoms with Crippen LogP contribution in [0.3, 0.4) is 0 Å². The first-order chi connectivity index (χ1) is 15.4. The van der Waals surface area contributed by atoms with E-state index in [1.807, 2.05) is 5.32 Å². The summed E-state index contributed by atoms with van der Waals surface area (Å²) in [5.74, 6) is 0.919. The van der Waals surface area contributed by atoms with Crippen molar-refractivity contribution < 1.29 is 32.2 Å². The zero-order valence-corrected chi connectivity index (χ0v) is 17.3. The van der Waals surface area contributed by atoms with E-state index >= 15 is 0 Å². The van der Waals surface area contributed by atoms with Crippen LogP contribution < -0.4 is 14.8 Å². The summed E-state index contributed by atoms with van der Waals surface area (Å²) in [7, 11) is 0. The highest BCUT2D eigenvalue weighted by Crippen LogP contribution is 2.44. The summed E-state index contributed by atoms with van der Waals surface area (Å²) in [5, 5.41) is 1.83. The number of carbonyl (C=O) groups is 1. The number of amides is 1. The van der Waals surface area contributed by atoms with Gasteiger partial charge in [0.1, 0.15) is 0 Å². The van der Waals surface area contributed by atoms with Crippen molar-refractivity contribution in [2.24, 2.45) is 5.92 Å². The summed E-state index contributed by atoms with van der Waals surface area (Å²) in [6.45, 7) is 1.84. The van der Waals surface area contributed by atoms with Crippen molar-refractivity contribution in [3.05, 3.63) is 47.8 Å². The normalized spacial score (nSPS) is 18.1. The molecule has 4 rings (SSSR count). The molecule has 1 saturated heterocycles. The lowest BCUT2D eigenvalue weighted by Gasteiger charge is -2.22. The van der Waals surface area contributed by atoms with E-state index in [4.69, 9.17) is 14.2 Å². The number of aromatic nitrogens is 2. The Morgan fingerprint density at radius 3 is 2.59 bits per heavy atom. The van der Waals surface area contributed by atoms with E-state index in [1.54, 1.807) is 6.07 Å². The summed E-state index contributed by atoms with van der Waals surface area (Å²) < 4.78 is 56.7. The van der Waals surface area contributed by atoms with Crippen molar-refractivity contribution in [2.75, 3.05) is 19.8 Å². The first kappa shape index (κ1) is 22.3. The SMILES string of the molecule is O=C(NC(c1ccccn1)C(F)(F)F)Oc1ccc(C2CC2)c(OCC2CCOCC2)n1. The number of carbonyl (C=O) groups excluding carboxylic acids is 1. The van der Waals surface area contributed by atoms with Crippen LogP contribution in [0.4, 0.5) is 18.0 Å². The van der Waals surface area contributed by atoms with E-state index < -0.39 is 18.3 Å². The van der Waals surface area contributed by atoms with Crippen LogP contribution in [-0.4, -0.2) is 42.1 Å². The number of pyridine rings is 2. The molecule has 2 fully saturated rings. The summed E-state index contributed by atoms with van der Waals surface area (Å²) in [5.41, 5.74) is 0.584. The fourth-order valence-corrected chi connectivity index (χ4v) is 3.53. The number of rotatable bonds is 7. The Balaban J connectivity index is 1.44. The van der Waals surface area contributed by atoms with Gasteiger partial charge in [0, 0.05) is 31.0 Å². The van der Waals surface area contributed by atoms with Crippen LogP contribution in [-0.2, 0) is 4.74 Å². The summed E-state index contributed by atoms with van der Waals surface area (Å²) >= 11 is 0. The third-order valence-electron chi connectivity index (χ3n) is 5.45. The molecule has 3 heterocycles. The molecule has 1 unspecified atom stereocenters. The second kappa shape index (κ2) is 9.72. The third-order valence-corrected chi connectivity index (χ3v) is 5.45. The predicted octanol–water partition coefficient (Wildman–Crippen LogP) is 4.55. The number of ether oxygens (including phenoxy) is 3. The number of alkyl halides is 3. The van der Waals surface area contributed by atoms with Gasteiger partial charge in [0.15, 0.2) is 6.04 Å². The Morgan fingerprint density at radius 1 is 1.16 bits per heavy atom. The lowest BCUT2D eigenvalue weighted by atomic mass is 10.0. The molecule has 2 aromatic rings. The number of halogens is 3. The Morgan fingerprint density at radius 2 is 1.94 bits per heavy atom. The number of nitrogens with zero attached hydrogens (tertiary/aromatic N) is 2. The van der Waals surface area contributed by atoms with E-state index in [1.165, 1.54) is 30.5 Å². The van der Waals surface area contributed by atoms with Gasteiger partial charge in [0.05, 0.1) is 12.3 Å². The van der Waals surface area contributed by atoms with Crippen molar-refractivity contribution in [1.29, 1.82) is 0 Å². The smallest absolute Gasteiger partial charge is 0.414 e. The van der Waals surface area contributed by atoms with Gasteiger partial charge in [-0.2, -0.15) is 18.2 Å². The number of hydrogen-bond acceptors (Lipinski definition) is 6. The minimum atomic E-state index is -4.74. The van der Waals surface area contributed by atoms with Gasteiger partial charge in [-0.3, -0.25) is 4.98 Å².